The molecular weight excluding hydrogens is 320 g/mol. The number of halogens is 1. The van der Waals surface area contributed by atoms with E-state index >= 15 is 0 Å². The summed E-state index contributed by atoms with van der Waals surface area (Å²) in [5.41, 5.74) is 2.68. The first-order chi connectivity index (χ1) is 10.7. The zero-order chi connectivity index (χ0) is 17.5. The summed E-state index contributed by atoms with van der Waals surface area (Å²) in [7, 11) is 1.32. The van der Waals surface area contributed by atoms with Crippen LogP contribution in [0.5, 0.6) is 0 Å². The molecule has 0 aliphatic carbocycles. The third-order valence-corrected chi connectivity index (χ3v) is 3.04. The highest BCUT2D eigenvalue weighted by Crippen LogP contribution is 2.19. The number of esters is 1. The highest BCUT2D eigenvalue weighted by Gasteiger charge is 2.16. The molecule has 7 heteroatoms. The third kappa shape index (κ3) is 7.85. The van der Waals surface area contributed by atoms with Gasteiger partial charge in [-0.25, -0.2) is 5.48 Å². The molecule has 0 fully saturated rings. The Kier molecular flexibility index (Phi) is 7.32. The van der Waals surface area contributed by atoms with Crippen LogP contribution in [0, 0.1) is 0 Å². The number of rotatable bonds is 7. The van der Waals surface area contributed by atoms with Crippen LogP contribution in [0.25, 0.3) is 0 Å². The fourth-order valence-electron chi connectivity index (χ4n) is 1.69. The minimum absolute atomic E-state index is 0.0320. The van der Waals surface area contributed by atoms with E-state index in [9.17, 15) is 9.59 Å². The number of methoxy groups -OCH3 is 1. The van der Waals surface area contributed by atoms with Crippen molar-refractivity contribution in [2.75, 3.05) is 25.1 Å². The van der Waals surface area contributed by atoms with Gasteiger partial charge in [0.25, 0.3) is 0 Å². The number of amides is 1. The number of carbonyl (C=O) groups excluding carboxylic acids is 2. The fraction of sp³-hybridized carbons (Fsp3) is 0.500. The smallest absolute Gasteiger partial charge is 0.325 e. The molecule has 0 heterocycles. The van der Waals surface area contributed by atoms with Crippen molar-refractivity contribution in [3.05, 3.63) is 29.3 Å². The quantitative estimate of drug-likeness (QED) is 0.609. The third-order valence-electron chi connectivity index (χ3n) is 2.80. The maximum absolute atomic E-state index is 11.8. The van der Waals surface area contributed by atoms with Crippen molar-refractivity contribution in [3.8, 4) is 0 Å². The van der Waals surface area contributed by atoms with E-state index in [0.29, 0.717) is 11.6 Å². The summed E-state index contributed by atoms with van der Waals surface area (Å²) in [6.45, 7) is 5.87. The summed E-state index contributed by atoms with van der Waals surface area (Å²) in [5, 5.41) is 0.554. The van der Waals surface area contributed by atoms with Crippen molar-refractivity contribution >= 4 is 29.2 Å². The molecule has 1 aromatic rings. The van der Waals surface area contributed by atoms with Gasteiger partial charge in [-0.05, 0) is 39.0 Å². The van der Waals surface area contributed by atoms with E-state index in [-0.39, 0.29) is 18.9 Å². The number of hydroxylamine groups is 1. The molecule has 23 heavy (non-hydrogen) atoms. The zero-order valence-corrected chi connectivity index (χ0v) is 14.6. The number of hydrogen-bond donors (Lipinski definition) is 1. The molecule has 1 rings (SSSR count). The Labute approximate surface area is 141 Å². The van der Waals surface area contributed by atoms with Crippen molar-refractivity contribution in [1.82, 2.24) is 5.48 Å². The lowest BCUT2D eigenvalue weighted by Crippen LogP contribution is -2.37. The lowest BCUT2D eigenvalue weighted by atomic mass is 10.2. The summed E-state index contributed by atoms with van der Waals surface area (Å²) in [4.78, 5) is 30.4. The number of ether oxygens (including phenoxy) is 1. The number of benzene rings is 1. The molecule has 0 bridgehead atoms. The maximum atomic E-state index is 11.8. The van der Waals surface area contributed by atoms with Crippen LogP contribution in [0.15, 0.2) is 24.3 Å². The lowest BCUT2D eigenvalue weighted by Gasteiger charge is -2.24. The first kappa shape index (κ1) is 19.3. The molecule has 0 saturated heterocycles. The average Bonchev–Trinajstić information content (AvgIpc) is 2.48. The number of carbonyl (C=O) groups is 2. The monoisotopic (exact) mass is 342 g/mol. The van der Waals surface area contributed by atoms with E-state index in [0.717, 1.165) is 5.69 Å². The van der Waals surface area contributed by atoms with Gasteiger partial charge in [-0.3, -0.25) is 14.4 Å². The van der Waals surface area contributed by atoms with Gasteiger partial charge in [0.1, 0.15) is 6.54 Å². The molecule has 0 aliphatic heterocycles. The minimum atomic E-state index is -0.464. The van der Waals surface area contributed by atoms with Crippen LogP contribution in [-0.4, -0.2) is 37.7 Å². The maximum Gasteiger partial charge on any atom is 0.325 e. The van der Waals surface area contributed by atoms with Gasteiger partial charge in [0.2, 0.25) is 5.91 Å². The van der Waals surface area contributed by atoms with Crippen LogP contribution < -0.4 is 10.4 Å². The van der Waals surface area contributed by atoms with Crippen molar-refractivity contribution in [2.45, 2.75) is 32.8 Å². The van der Waals surface area contributed by atoms with Crippen LogP contribution in [0.3, 0.4) is 0 Å². The highest BCUT2D eigenvalue weighted by molar-refractivity contribution is 6.30. The van der Waals surface area contributed by atoms with Crippen LogP contribution in [-0.2, 0) is 19.2 Å². The predicted molar refractivity (Wildman–Crippen MR) is 89.3 cm³/mol. The first-order valence-corrected chi connectivity index (χ1v) is 7.63. The summed E-state index contributed by atoms with van der Waals surface area (Å²) >= 11 is 5.98. The summed E-state index contributed by atoms with van der Waals surface area (Å²) in [5.74, 6) is -0.659. The number of anilines is 1. The van der Waals surface area contributed by atoms with Crippen LogP contribution >= 0.6 is 11.6 Å². The molecular formula is C16H23ClN2O4. The van der Waals surface area contributed by atoms with Gasteiger partial charge < -0.3 is 9.64 Å². The Balaban J connectivity index is 2.67. The predicted octanol–water partition coefficient (Wildman–Crippen LogP) is 2.56. The van der Waals surface area contributed by atoms with E-state index in [1.807, 2.05) is 26.8 Å². The molecule has 1 amide bonds. The molecule has 6 nitrogen and oxygen atoms in total. The van der Waals surface area contributed by atoms with Crippen molar-refractivity contribution in [3.63, 3.8) is 0 Å². The van der Waals surface area contributed by atoms with E-state index in [2.05, 4.69) is 5.48 Å². The molecule has 0 aliphatic rings. The molecule has 0 spiro atoms. The van der Waals surface area contributed by atoms with E-state index < -0.39 is 11.6 Å². The molecule has 0 unspecified atom stereocenters. The van der Waals surface area contributed by atoms with Gasteiger partial charge in [-0.15, -0.1) is 0 Å². The molecule has 0 saturated carbocycles. The van der Waals surface area contributed by atoms with E-state index in [1.54, 1.807) is 23.1 Å². The van der Waals surface area contributed by atoms with Gasteiger partial charge in [0.05, 0.1) is 12.7 Å². The van der Waals surface area contributed by atoms with Crippen molar-refractivity contribution in [2.24, 2.45) is 0 Å². The Morgan fingerprint density at radius 3 is 2.57 bits per heavy atom. The molecule has 0 atom stereocenters. The molecule has 128 valence electrons. The average molecular weight is 343 g/mol. The Morgan fingerprint density at radius 2 is 2.00 bits per heavy atom. The van der Waals surface area contributed by atoms with Gasteiger partial charge in [-0.1, -0.05) is 17.7 Å². The van der Waals surface area contributed by atoms with Crippen molar-refractivity contribution < 1.29 is 19.2 Å². The van der Waals surface area contributed by atoms with Gasteiger partial charge in [0, 0.05) is 23.7 Å². The van der Waals surface area contributed by atoms with E-state index in [1.165, 1.54) is 7.11 Å². The van der Waals surface area contributed by atoms with Gasteiger partial charge in [-0.2, -0.15) is 0 Å². The van der Waals surface area contributed by atoms with Crippen LogP contribution in [0.1, 0.15) is 27.2 Å². The topological polar surface area (TPSA) is 67.9 Å². The molecule has 0 radical (unpaired) electrons. The molecule has 1 aromatic carbocycles. The molecule has 0 aromatic heterocycles. The fourth-order valence-corrected chi connectivity index (χ4v) is 1.87. The summed E-state index contributed by atoms with van der Waals surface area (Å²) in [6, 6.07) is 7.07. The Bertz CT molecular complexity index is 543. The Morgan fingerprint density at radius 1 is 1.30 bits per heavy atom. The number of nitrogens with one attached hydrogen (secondary N) is 1. The Hall–Kier alpha value is -1.79. The number of nitrogens with zero attached hydrogens (tertiary/aromatic N) is 1. The summed E-state index contributed by atoms with van der Waals surface area (Å²) < 4.78 is 4.69. The molecule has 1 N–H and O–H groups in total. The minimum Gasteiger partial charge on any atom is -0.468 e. The first-order valence-electron chi connectivity index (χ1n) is 7.25. The van der Waals surface area contributed by atoms with Gasteiger partial charge >= 0.3 is 5.97 Å². The van der Waals surface area contributed by atoms with Gasteiger partial charge in [0.15, 0.2) is 0 Å². The second-order valence-corrected chi connectivity index (χ2v) is 6.40. The van der Waals surface area contributed by atoms with E-state index in [4.69, 9.17) is 21.2 Å². The standard InChI is InChI=1S/C16H23ClN2O4/c1-16(2,3)23-18-14(20)8-9-19(11-15(21)22-4)13-7-5-6-12(17)10-13/h5-7,10H,8-9,11H2,1-4H3,(H,18,20). The second kappa shape index (κ2) is 8.74. The lowest BCUT2D eigenvalue weighted by molar-refractivity contribution is -0.145. The SMILES string of the molecule is COC(=O)CN(CCC(=O)NOC(C)(C)C)c1cccc(Cl)c1. The summed E-state index contributed by atoms with van der Waals surface area (Å²) in [6.07, 6.45) is 0.166. The van der Waals surface area contributed by atoms with Crippen LogP contribution in [0.2, 0.25) is 5.02 Å². The van der Waals surface area contributed by atoms with Crippen molar-refractivity contribution in [1.29, 1.82) is 0 Å². The normalized spacial score (nSPS) is 11.0. The van der Waals surface area contributed by atoms with Crippen LogP contribution in [0.4, 0.5) is 5.69 Å². The number of hydrogen-bond acceptors (Lipinski definition) is 5. The second-order valence-electron chi connectivity index (χ2n) is 5.97. The highest BCUT2D eigenvalue weighted by atomic mass is 35.5. The largest absolute Gasteiger partial charge is 0.468 e. The zero-order valence-electron chi connectivity index (χ0n) is 13.9.